The molecule has 0 bridgehead atoms. The van der Waals surface area contributed by atoms with Gasteiger partial charge in [0.15, 0.2) is 0 Å². The fraction of sp³-hybridized carbons (Fsp3) is 0.882. The van der Waals surface area contributed by atoms with Crippen LogP contribution in [0.15, 0.2) is 0 Å². The van der Waals surface area contributed by atoms with Crippen molar-refractivity contribution in [2.75, 3.05) is 6.54 Å². The smallest absolute Gasteiger partial charge is 0.249 e. The lowest BCUT2D eigenvalue weighted by atomic mass is 9.78. The molecule has 2 saturated carbocycles. The first-order valence-corrected chi connectivity index (χ1v) is 8.69. The number of amides is 2. The minimum Gasteiger partial charge on any atom is -0.340 e. The predicted molar refractivity (Wildman–Crippen MR) is 81.7 cm³/mol. The molecular formula is C17H28N2O2. The van der Waals surface area contributed by atoms with Crippen molar-refractivity contribution >= 4 is 11.8 Å². The van der Waals surface area contributed by atoms with E-state index in [2.05, 4.69) is 12.2 Å². The lowest BCUT2D eigenvalue weighted by molar-refractivity contribution is -0.158. The highest BCUT2D eigenvalue weighted by Crippen LogP contribution is 2.50. The summed E-state index contributed by atoms with van der Waals surface area (Å²) in [6, 6.07) is -0.255. The van der Waals surface area contributed by atoms with Gasteiger partial charge in [0.25, 0.3) is 0 Å². The van der Waals surface area contributed by atoms with E-state index in [0.29, 0.717) is 11.8 Å². The molecule has 1 saturated heterocycles. The van der Waals surface area contributed by atoms with Gasteiger partial charge in [0.05, 0.1) is 0 Å². The third-order valence-corrected chi connectivity index (χ3v) is 6.02. The maximum absolute atomic E-state index is 13.1. The third kappa shape index (κ3) is 2.47. The Morgan fingerprint density at radius 1 is 1.10 bits per heavy atom. The zero-order valence-electron chi connectivity index (χ0n) is 13.4. The Labute approximate surface area is 127 Å². The topological polar surface area (TPSA) is 49.4 Å². The Morgan fingerprint density at radius 3 is 2.29 bits per heavy atom. The van der Waals surface area contributed by atoms with Crippen LogP contribution in [0, 0.1) is 5.41 Å². The van der Waals surface area contributed by atoms with Gasteiger partial charge in [0.1, 0.15) is 11.6 Å². The van der Waals surface area contributed by atoms with Gasteiger partial charge in [-0.15, -0.1) is 0 Å². The normalized spacial score (nSPS) is 30.4. The van der Waals surface area contributed by atoms with E-state index >= 15 is 0 Å². The van der Waals surface area contributed by atoms with Gasteiger partial charge in [0, 0.05) is 6.54 Å². The maximum Gasteiger partial charge on any atom is 0.249 e. The molecule has 3 rings (SSSR count). The predicted octanol–water partition coefficient (Wildman–Crippen LogP) is 2.62. The van der Waals surface area contributed by atoms with Crippen LogP contribution in [0.4, 0.5) is 0 Å². The number of rotatable bonds is 4. The number of nitrogens with zero attached hydrogens (tertiary/aromatic N) is 1. The molecule has 0 aromatic heterocycles. The van der Waals surface area contributed by atoms with E-state index in [4.69, 9.17) is 0 Å². The van der Waals surface area contributed by atoms with Gasteiger partial charge in [-0.3, -0.25) is 9.59 Å². The van der Waals surface area contributed by atoms with Crippen molar-refractivity contribution in [1.29, 1.82) is 0 Å². The van der Waals surface area contributed by atoms with Crippen LogP contribution in [0.1, 0.15) is 71.6 Å². The van der Waals surface area contributed by atoms with Crippen LogP contribution in [0.5, 0.6) is 0 Å². The molecule has 2 amide bonds. The largest absolute Gasteiger partial charge is 0.340 e. The first kappa shape index (κ1) is 14.9. The highest BCUT2D eigenvalue weighted by Gasteiger charge is 2.53. The molecule has 1 unspecified atom stereocenters. The molecule has 1 heterocycles. The molecule has 118 valence electrons. The Bertz CT molecular complexity index is 436. The van der Waals surface area contributed by atoms with Crippen molar-refractivity contribution in [2.24, 2.45) is 5.41 Å². The molecule has 2 aliphatic carbocycles. The summed E-state index contributed by atoms with van der Waals surface area (Å²) in [6.45, 7) is 5.00. The number of hydrogen-bond acceptors (Lipinski definition) is 2. The van der Waals surface area contributed by atoms with Gasteiger partial charge in [-0.2, -0.15) is 0 Å². The van der Waals surface area contributed by atoms with Gasteiger partial charge >= 0.3 is 0 Å². The first-order chi connectivity index (χ1) is 10.1. The molecule has 21 heavy (non-hydrogen) atoms. The number of carbonyl (C=O) groups is 2. The standard InChI is InChI=1S/C17H28N2O2/c1-3-13-14(20)18-17(8-6-5-7-9-17)15(21)19(13)12-16(4-2)10-11-16/h13H,3-12H2,1-2H3,(H,18,20). The lowest BCUT2D eigenvalue weighted by Crippen LogP contribution is -2.71. The summed E-state index contributed by atoms with van der Waals surface area (Å²) in [6.07, 6.45) is 9.17. The van der Waals surface area contributed by atoms with Crippen molar-refractivity contribution < 1.29 is 9.59 Å². The van der Waals surface area contributed by atoms with Crippen LogP contribution in [0.2, 0.25) is 0 Å². The van der Waals surface area contributed by atoms with Gasteiger partial charge in [-0.25, -0.2) is 0 Å². The molecule has 1 N–H and O–H groups in total. The van der Waals surface area contributed by atoms with E-state index in [1.165, 1.54) is 19.3 Å². The lowest BCUT2D eigenvalue weighted by Gasteiger charge is -2.48. The van der Waals surface area contributed by atoms with E-state index in [9.17, 15) is 9.59 Å². The Kier molecular flexibility index (Phi) is 3.74. The average Bonchev–Trinajstić information content (AvgIpc) is 3.26. The Balaban J connectivity index is 1.85. The third-order valence-electron chi connectivity index (χ3n) is 6.02. The molecule has 1 atom stereocenters. The number of nitrogens with one attached hydrogen (secondary N) is 1. The van der Waals surface area contributed by atoms with E-state index in [0.717, 1.165) is 38.6 Å². The number of carbonyl (C=O) groups excluding carboxylic acids is 2. The van der Waals surface area contributed by atoms with Crippen LogP contribution >= 0.6 is 0 Å². The molecule has 1 spiro atoms. The van der Waals surface area contributed by atoms with Gasteiger partial charge < -0.3 is 10.2 Å². The van der Waals surface area contributed by atoms with Crippen molar-refractivity contribution in [3.8, 4) is 0 Å². The minimum absolute atomic E-state index is 0.0749. The molecule has 3 aliphatic rings. The molecule has 3 fully saturated rings. The molecular weight excluding hydrogens is 264 g/mol. The van der Waals surface area contributed by atoms with Crippen LogP contribution in [0.25, 0.3) is 0 Å². The SMILES string of the molecule is CCC1C(=O)NC2(CCCCC2)C(=O)N1CC1(CC)CC1. The highest BCUT2D eigenvalue weighted by molar-refractivity contribution is 6.00. The summed E-state index contributed by atoms with van der Waals surface area (Å²) in [7, 11) is 0. The van der Waals surface area contributed by atoms with Crippen LogP contribution in [0.3, 0.4) is 0 Å². The van der Waals surface area contributed by atoms with Crippen molar-refractivity contribution in [3.05, 3.63) is 0 Å². The second kappa shape index (κ2) is 5.29. The first-order valence-electron chi connectivity index (χ1n) is 8.69. The van der Waals surface area contributed by atoms with Gasteiger partial charge in [-0.1, -0.05) is 33.1 Å². The fourth-order valence-corrected chi connectivity index (χ4v) is 4.17. The highest BCUT2D eigenvalue weighted by atomic mass is 16.2. The number of piperazine rings is 1. The summed E-state index contributed by atoms with van der Waals surface area (Å²) >= 11 is 0. The van der Waals surface area contributed by atoms with E-state index in [1.807, 2.05) is 11.8 Å². The van der Waals surface area contributed by atoms with Crippen molar-refractivity contribution in [2.45, 2.75) is 83.2 Å². The molecule has 4 heteroatoms. The zero-order valence-corrected chi connectivity index (χ0v) is 13.4. The summed E-state index contributed by atoms with van der Waals surface area (Å²) < 4.78 is 0. The number of hydrogen-bond donors (Lipinski definition) is 1. The fourth-order valence-electron chi connectivity index (χ4n) is 4.17. The van der Waals surface area contributed by atoms with Crippen LogP contribution < -0.4 is 5.32 Å². The van der Waals surface area contributed by atoms with E-state index < -0.39 is 5.54 Å². The van der Waals surface area contributed by atoms with E-state index in [1.54, 1.807) is 0 Å². The Morgan fingerprint density at radius 2 is 1.76 bits per heavy atom. The molecule has 1 aliphatic heterocycles. The minimum atomic E-state index is -0.579. The maximum atomic E-state index is 13.1. The van der Waals surface area contributed by atoms with Crippen molar-refractivity contribution in [3.63, 3.8) is 0 Å². The molecule has 0 aromatic carbocycles. The van der Waals surface area contributed by atoms with E-state index in [-0.39, 0.29) is 17.9 Å². The summed E-state index contributed by atoms with van der Waals surface area (Å²) in [5.74, 6) is 0.277. The van der Waals surface area contributed by atoms with Gasteiger partial charge in [0.2, 0.25) is 11.8 Å². The average molecular weight is 292 g/mol. The summed E-state index contributed by atoms with van der Waals surface area (Å²) in [4.78, 5) is 27.6. The van der Waals surface area contributed by atoms with Gasteiger partial charge in [-0.05, 0) is 43.9 Å². The summed E-state index contributed by atoms with van der Waals surface area (Å²) in [5, 5.41) is 3.11. The van der Waals surface area contributed by atoms with Crippen LogP contribution in [-0.2, 0) is 9.59 Å². The Hall–Kier alpha value is -1.06. The van der Waals surface area contributed by atoms with Crippen molar-refractivity contribution in [1.82, 2.24) is 10.2 Å². The molecule has 0 aromatic rings. The second-order valence-electron chi connectivity index (χ2n) is 7.34. The molecule has 0 radical (unpaired) electrons. The molecule has 4 nitrogen and oxygen atoms in total. The second-order valence-corrected chi connectivity index (χ2v) is 7.34. The summed E-state index contributed by atoms with van der Waals surface area (Å²) in [5.41, 5.74) is -0.276. The van der Waals surface area contributed by atoms with Crippen LogP contribution in [-0.4, -0.2) is 34.8 Å². The zero-order chi connectivity index (χ0) is 15.1. The quantitative estimate of drug-likeness (QED) is 0.866. The monoisotopic (exact) mass is 292 g/mol.